The summed E-state index contributed by atoms with van der Waals surface area (Å²) in [5.41, 5.74) is 0.914. The minimum atomic E-state index is -0.141. The van der Waals surface area contributed by atoms with Crippen LogP contribution < -0.4 is 5.32 Å². The standard InChI is InChI=1S/C14H15Cl2N3O/c1-9(14-17-6-7-18-14)19-13(20)5-3-10-2-4-11(15)8-12(10)16/h2,4,6-9H,3,5H2,1H3,(H,17,18)(H,19,20). The lowest BCUT2D eigenvalue weighted by Crippen LogP contribution is -2.27. The molecule has 1 heterocycles. The van der Waals surface area contributed by atoms with Crippen molar-refractivity contribution in [3.8, 4) is 0 Å². The van der Waals surface area contributed by atoms with Crippen molar-refractivity contribution < 1.29 is 4.79 Å². The molecular formula is C14H15Cl2N3O. The monoisotopic (exact) mass is 311 g/mol. The summed E-state index contributed by atoms with van der Waals surface area (Å²) in [5.74, 6) is 0.697. The van der Waals surface area contributed by atoms with Crippen molar-refractivity contribution in [3.63, 3.8) is 0 Å². The molecule has 106 valence electrons. The predicted molar refractivity (Wildman–Crippen MR) is 79.9 cm³/mol. The van der Waals surface area contributed by atoms with E-state index < -0.39 is 0 Å². The third-order valence-electron chi connectivity index (χ3n) is 2.94. The van der Waals surface area contributed by atoms with E-state index >= 15 is 0 Å². The number of halogens is 2. The van der Waals surface area contributed by atoms with Crippen LogP contribution in [0.25, 0.3) is 0 Å². The first-order valence-corrected chi connectivity index (χ1v) is 7.04. The van der Waals surface area contributed by atoms with Gasteiger partial charge in [-0.3, -0.25) is 4.79 Å². The highest BCUT2D eigenvalue weighted by Crippen LogP contribution is 2.22. The van der Waals surface area contributed by atoms with Gasteiger partial charge in [0, 0.05) is 28.9 Å². The van der Waals surface area contributed by atoms with E-state index in [0.29, 0.717) is 22.9 Å². The second kappa shape index (κ2) is 6.77. The van der Waals surface area contributed by atoms with Crippen molar-refractivity contribution in [2.45, 2.75) is 25.8 Å². The number of H-pyrrole nitrogens is 1. The number of hydrogen-bond donors (Lipinski definition) is 2. The fourth-order valence-electron chi connectivity index (χ4n) is 1.87. The van der Waals surface area contributed by atoms with E-state index in [2.05, 4.69) is 15.3 Å². The Kier molecular flexibility index (Phi) is 5.04. The average molecular weight is 312 g/mol. The maximum atomic E-state index is 11.9. The SMILES string of the molecule is CC(NC(=O)CCc1ccc(Cl)cc1Cl)c1ncc[nH]1. The number of benzene rings is 1. The highest BCUT2D eigenvalue weighted by atomic mass is 35.5. The summed E-state index contributed by atoms with van der Waals surface area (Å²) >= 11 is 11.9. The van der Waals surface area contributed by atoms with E-state index in [4.69, 9.17) is 23.2 Å². The Morgan fingerprint density at radius 1 is 1.45 bits per heavy atom. The van der Waals surface area contributed by atoms with E-state index in [9.17, 15) is 4.79 Å². The molecule has 1 aromatic carbocycles. The average Bonchev–Trinajstić information content (AvgIpc) is 2.91. The summed E-state index contributed by atoms with van der Waals surface area (Å²) in [6.45, 7) is 1.88. The first-order valence-electron chi connectivity index (χ1n) is 6.29. The number of amides is 1. The molecule has 0 aliphatic heterocycles. The molecule has 1 amide bonds. The fourth-order valence-corrected chi connectivity index (χ4v) is 2.37. The van der Waals surface area contributed by atoms with Crippen molar-refractivity contribution in [1.29, 1.82) is 0 Å². The van der Waals surface area contributed by atoms with Gasteiger partial charge >= 0.3 is 0 Å². The van der Waals surface area contributed by atoms with Gasteiger partial charge in [0.05, 0.1) is 6.04 Å². The van der Waals surface area contributed by atoms with E-state index in [-0.39, 0.29) is 11.9 Å². The van der Waals surface area contributed by atoms with E-state index in [1.54, 1.807) is 24.5 Å². The van der Waals surface area contributed by atoms with Gasteiger partial charge in [0.15, 0.2) is 0 Å². The first kappa shape index (κ1) is 14.9. The maximum Gasteiger partial charge on any atom is 0.220 e. The number of carbonyl (C=O) groups excluding carboxylic acids is 1. The molecule has 6 heteroatoms. The van der Waals surface area contributed by atoms with Crippen molar-refractivity contribution in [3.05, 3.63) is 52.0 Å². The number of aromatic nitrogens is 2. The van der Waals surface area contributed by atoms with Crippen LogP contribution in [0.15, 0.2) is 30.6 Å². The van der Waals surface area contributed by atoms with E-state index in [1.165, 1.54) is 0 Å². The first-order chi connectivity index (χ1) is 9.56. The van der Waals surface area contributed by atoms with Gasteiger partial charge in [-0.15, -0.1) is 0 Å². The molecule has 2 aromatic rings. The molecule has 0 spiro atoms. The van der Waals surface area contributed by atoms with E-state index in [1.807, 2.05) is 13.0 Å². The van der Waals surface area contributed by atoms with Crippen LogP contribution in [0.3, 0.4) is 0 Å². The lowest BCUT2D eigenvalue weighted by atomic mass is 10.1. The topological polar surface area (TPSA) is 57.8 Å². The Labute approximate surface area is 127 Å². The Bertz CT molecular complexity index is 584. The van der Waals surface area contributed by atoms with Crippen LogP contribution in [0, 0.1) is 0 Å². The zero-order valence-corrected chi connectivity index (χ0v) is 12.5. The van der Waals surface area contributed by atoms with Crippen molar-refractivity contribution in [1.82, 2.24) is 15.3 Å². The van der Waals surface area contributed by atoms with E-state index in [0.717, 1.165) is 11.4 Å². The fraction of sp³-hybridized carbons (Fsp3) is 0.286. The van der Waals surface area contributed by atoms with Crippen LogP contribution >= 0.6 is 23.2 Å². The molecule has 4 nitrogen and oxygen atoms in total. The minimum absolute atomic E-state index is 0.0417. The molecular weight excluding hydrogens is 297 g/mol. The summed E-state index contributed by atoms with van der Waals surface area (Å²) in [7, 11) is 0. The molecule has 1 atom stereocenters. The number of carbonyl (C=O) groups is 1. The number of imidazole rings is 1. The summed E-state index contributed by atoms with van der Waals surface area (Å²) in [6.07, 6.45) is 4.33. The zero-order valence-electron chi connectivity index (χ0n) is 11.0. The quantitative estimate of drug-likeness (QED) is 0.887. The van der Waals surface area contributed by atoms with Gasteiger partial charge in [0.2, 0.25) is 5.91 Å². The molecule has 0 aliphatic rings. The highest BCUT2D eigenvalue weighted by Gasteiger charge is 2.12. The molecule has 1 aromatic heterocycles. The van der Waals surface area contributed by atoms with Gasteiger partial charge in [-0.05, 0) is 31.0 Å². The van der Waals surface area contributed by atoms with Gasteiger partial charge in [-0.25, -0.2) is 4.98 Å². The Morgan fingerprint density at radius 3 is 2.90 bits per heavy atom. The van der Waals surface area contributed by atoms with Crippen LogP contribution in [0.4, 0.5) is 0 Å². The molecule has 0 aliphatic carbocycles. The van der Waals surface area contributed by atoms with Gasteiger partial charge < -0.3 is 10.3 Å². The predicted octanol–water partition coefficient (Wildman–Crippen LogP) is 3.53. The second-order valence-electron chi connectivity index (χ2n) is 4.50. The van der Waals surface area contributed by atoms with Gasteiger partial charge in [0.25, 0.3) is 0 Å². The van der Waals surface area contributed by atoms with Gasteiger partial charge in [0.1, 0.15) is 5.82 Å². The number of hydrogen-bond acceptors (Lipinski definition) is 2. The molecule has 0 saturated carbocycles. The van der Waals surface area contributed by atoms with Crippen molar-refractivity contribution in [2.75, 3.05) is 0 Å². The normalized spacial score (nSPS) is 12.2. The van der Waals surface area contributed by atoms with Crippen LogP contribution in [-0.4, -0.2) is 15.9 Å². The lowest BCUT2D eigenvalue weighted by Gasteiger charge is -2.11. The van der Waals surface area contributed by atoms with Crippen LogP contribution in [-0.2, 0) is 11.2 Å². The number of nitrogens with zero attached hydrogens (tertiary/aromatic N) is 1. The number of aryl methyl sites for hydroxylation is 1. The smallest absolute Gasteiger partial charge is 0.220 e. The molecule has 0 radical (unpaired) electrons. The molecule has 20 heavy (non-hydrogen) atoms. The van der Waals surface area contributed by atoms with Crippen LogP contribution in [0.1, 0.15) is 30.8 Å². The van der Waals surface area contributed by atoms with Crippen molar-refractivity contribution >= 4 is 29.1 Å². The summed E-state index contributed by atoms with van der Waals surface area (Å²) in [6, 6.07) is 5.15. The molecule has 0 fully saturated rings. The Hall–Kier alpha value is -1.52. The largest absolute Gasteiger partial charge is 0.347 e. The third-order valence-corrected chi connectivity index (χ3v) is 3.53. The van der Waals surface area contributed by atoms with Crippen LogP contribution in [0.5, 0.6) is 0 Å². The molecule has 0 saturated heterocycles. The molecule has 2 N–H and O–H groups in total. The number of rotatable bonds is 5. The molecule has 0 bridgehead atoms. The highest BCUT2D eigenvalue weighted by molar-refractivity contribution is 6.35. The van der Waals surface area contributed by atoms with Gasteiger partial charge in [-0.2, -0.15) is 0 Å². The van der Waals surface area contributed by atoms with Crippen molar-refractivity contribution in [2.24, 2.45) is 0 Å². The number of aromatic amines is 1. The maximum absolute atomic E-state index is 11.9. The van der Waals surface area contributed by atoms with Gasteiger partial charge in [-0.1, -0.05) is 29.3 Å². The summed E-state index contributed by atoms with van der Waals surface area (Å²) in [4.78, 5) is 19.0. The molecule has 1 unspecified atom stereocenters. The zero-order chi connectivity index (χ0) is 14.5. The Morgan fingerprint density at radius 2 is 2.25 bits per heavy atom. The molecule has 2 rings (SSSR count). The lowest BCUT2D eigenvalue weighted by molar-refractivity contribution is -0.121. The number of nitrogens with one attached hydrogen (secondary N) is 2. The van der Waals surface area contributed by atoms with Crippen LogP contribution in [0.2, 0.25) is 10.0 Å². The summed E-state index contributed by atoms with van der Waals surface area (Å²) < 4.78 is 0. The summed E-state index contributed by atoms with van der Waals surface area (Å²) in [5, 5.41) is 4.06. The third kappa shape index (κ3) is 3.99. The second-order valence-corrected chi connectivity index (χ2v) is 5.34. The minimum Gasteiger partial charge on any atom is -0.347 e. The Balaban J connectivity index is 1.86.